The SMILES string of the molecule is CCCCCCS.CCCCCS.CCCCS.CCCS.CCS.O=C(O)CS.OCCCCCS.OCCCCS.OCCCS.OCCOCCS.OCCS.OCS.SC1CCCCC1.SCCCCCS.SCCCCS.SCCCS.SCCOCCOCCS.SCCS.SCS.Sc1ccc(S)s1.Sc1ccccc1. The fourth-order valence-electron chi connectivity index (χ4n) is 4.96. The smallest absolute Gasteiger partial charge is 0.313 e. The summed E-state index contributed by atoms with van der Waals surface area (Å²) in [6, 6.07) is 13.6. The molecule has 0 atom stereocenters. The van der Waals surface area contributed by atoms with Crippen LogP contribution in [0.4, 0.5) is 0 Å². The highest BCUT2D eigenvalue weighted by atomic mass is 32.2. The molecule has 732 valence electrons. The Morgan fingerprint density at radius 2 is 0.585 bits per heavy atom. The van der Waals surface area contributed by atoms with Crippen molar-refractivity contribution >= 4 is 371 Å². The monoisotopic (exact) mass is 2220 g/mol. The highest BCUT2D eigenvalue weighted by molar-refractivity contribution is 7.98. The van der Waals surface area contributed by atoms with Crippen molar-refractivity contribution in [2.24, 2.45) is 0 Å². The molecular weight excluding hydrogens is 2040 g/mol. The first-order valence-electron chi connectivity index (χ1n) is 40.0. The van der Waals surface area contributed by atoms with E-state index in [-0.39, 0.29) is 31.5 Å². The van der Waals surface area contributed by atoms with Crippen molar-refractivity contribution < 1.29 is 54.8 Å². The third-order valence-electron chi connectivity index (χ3n) is 10.5. The molecule has 118 heavy (non-hydrogen) atoms. The van der Waals surface area contributed by atoms with E-state index in [9.17, 15) is 4.79 Å². The van der Waals surface area contributed by atoms with Gasteiger partial charge in [0.05, 0.1) is 73.0 Å². The molecule has 0 radical (unpaired) electrons. The number of carboxylic acids is 1. The molecule has 1 fully saturated rings. The maximum absolute atomic E-state index is 9.29. The number of hydrogen-bond donors (Lipinski definition) is 35. The Hall–Kier alpha value is 7.83. The van der Waals surface area contributed by atoms with E-state index in [0.717, 1.165) is 173 Å². The number of thiophene rings is 1. The molecule has 1 aromatic carbocycles. The number of benzene rings is 1. The number of thiol groups is 28. The average molecular weight is 2220 g/mol. The third-order valence-corrected chi connectivity index (χ3v) is 18.9. The molecule has 11 nitrogen and oxygen atoms in total. The van der Waals surface area contributed by atoms with Gasteiger partial charge in [-0.05, 0) is 219 Å². The summed E-state index contributed by atoms with van der Waals surface area (Å²) < 4.78 is 17.0. The van der Waals surface area contributed by atoms with Crippen molar-refractivity contribution in [2.75, 3.05) is 205 Å². The van der Waals surface area contributed by atoms with Gasteiger partial charge in [-0.2, -0.15) is 316 Å². The van der Waals surface area contributed by atoms with Crippen LogP contribution < -0.4 is 0 Å². The van der Waals surface area contributed by atoms with E-state index >= 15 is 0 Å². The van der Waals surface area contributed by atoms with Gasteiger partial charge in [-0.3, -0.25) is 4.79 Å². The molecule has 1 aliphatic carbocycles. The van der Waals surface area contributed by atoms with Gasteiger partial charge in [0.15, 0.2) is 0 Å². The predicted molar refractivity (Wildman–Crippen MR) is 644 cm³/mol. The van der Waals surface area contributed by atoms with Crippen LogP contribution in [0.2, 0.25) is 0 Å². The van der Waals surface area contributed by atoms with Gasteiger partial charge in [-0.15, -0.1) is 49.2 Å². The second kappa shape index (κ2) is 213. The number of aliphatic carboxylic acids is 1. The zero-order valence-electron chi connectivity index (χ0n) is 72.4. The highest BCUT2D eigenvalue weighted by Gasteiger charge is 2.07. The minimum absolute atomic E-state index is 0.0556. The molecule has 0 unspecified atom stereocenters. The lowest BCUT2D eigenvalue weighted by molar-refractivity contribution is -0.133. The second-order valence-corrected chi connectivity index (χ2v) is 36.2. The molecule has 40 heteroatoms. The Labute approximate surface area is 887 Å². The Balaban J connectivity index is -0.0000000560. The van der Waals surface area contributed by atoms with Gasteiger partial charge >= 0.3 is 5.97 Å². The molecule has 1 heterocycles. The van der Waals surface area contributed by atoms with Crippen LogP contribution in [0.25, 0.3) is 0 Å². The van der Waals surface area contributed by atoms with Crippen molar-refractivity contribution in [1.29, 1.82) is 0 Å². The molecule has 1 aromatic heterocycles. The molecule has 2 aromatic rings. The Morgan fingerprint density at radius 1 is 0.322 bits per heavy atom. The quantitative estimate of drug-likeness (QED) is 0.0172. The normalized spacial score (nSPS) is 9.65. The minimum Gasteiger partial charge on any atom is -0.481 e. The first-order valence-corrected chi connectivity index (χ1v) is 57.9. The van der Waals surface area contributed by atoms with E-state index in [2.05, 4.69) is 381 Å². The summed E-state index contributed by atoms with van der Waals surface area (Å²) in [6.07, 6.45) is 33.1. The number of aliphatic hydroxyl groups excluding tert-OH is 6. The summed E-state index contributed by atoms with van der Waals surface area (Å²) in [5, 5.41) is 56.8. The average Bonchev–Trinajstić information content (AvgIpc) is 1.81. The molecule has 3 rings (SSSR count). The van der Waals surface area contributed by atoms with Gasteiger partial charge in [0.2, 0.25) is 0 Å². The minimum atomic E-state index is -0.881. The van der Waals surface area contributed by atoms with Crippen molar-refractivity contribution in [1.82, 2.24) is 0 Å². The van der Waals surface area contributed by atoms with Crippen LogP contribution >= 0.6 is 365 Å². The molecule has 0 spiro atoms. The van der Waals surface area contributed by atoms with Gasteiger partial charge in [-0.25, -0.2) is 0 Å². The fraction of sp³-hybridized carbons (Fsp3) is 0.859. The van der Waals surface area contributed by atoms with E-state index in [1.54, 1.807) is 11.3 Å². The summed E-state index contributed by atoms with van der Waals surface area (Å²) in [6.45, 7) is 15.6. The zero-order valence-corrected chi connectivity index (χ0v) is 98.3. The summed E-state index contributed by atoms with van der Waals surface area (Å²) in [5.41, 5.74) is 0. The number of aliphatic hydroxyl groups is 6. The topological polar surface area (TPSA) is 186 Å². The third kappa shape index (κ3) is 325. The standard InChI is InChI=1S/C6H14O2S2.C6H12S.C6H6S.C6H14S.C5H12OS.C5H12S2.C5H12S.C4H10O2S.C4H10OS.C4H4S3.C4H10S2.C4H10S.C3H8OS.C3H8S2.C3H8S.C2H4O2S.C2H6OS.C2H6S2.C2H6S.CH4OS.CH4S2/c9-5-3-7-1-2-8-4-6-10;2*7-6-4-2-1-3-5-6;1-2-3-4-5-6-7;2*6-4-2-1-3-5-7;1-2-3-4-5-6;5-1-2-6-3-4-7;5-3-1-2-4-6;5-3-1-2-4(6)7-3;5-3-1-2-4-6;1-2-3-4-5;2*4-2-1-3-5;1-2-3-4;3-2(4)1-5;2*3-1-2-4;1-2-3;2*2-1-3/h9-10H,1-6H2;6-7H,1-5H2;1-5,7H;7H,2-6H2,1H3;2*6-7H,1-5H2;6H,2-5H2,1H3;5,7H,1-4H2;5-6H,1-4H2;1-2,5-6H;5-6H,1-4H2;5H,2-4H2,1H3;2*4-5H,1-3H2;4H,2-3H2,1H3;5H,1H2,(H,3,4);2*3-4H,1-2H2;3H,2H2,1H3;2*2-3H,1H2. The number of hydrogen-bond acceptors (Lipinski definition) is 39. The first kappa shape index (κ1) is 169. The van der Waals surface area contributed by atoms with Crippen molar-refractivity contribution in [2.45, 2.75) is 227 Å². The van der Waals surface area contributed by atoms with Gasteiger partial charge in [0, 0.05) is 58.1 Å². The second-order valence-electron chi connectivity index (χ2n) is 21.5. The van der Waals surface area contributed by atoms with Gasteiger partial charge in [0.25, 0.3) is 0 Å². The summed E-state index contributed by atoms with van der Waals surface area (Å²) >= 11 is 111. The molecular formula is C78H180O11S29. The lowest BCUT2D eigenvalue weighted by atomic mass is 10.0. The van der Waals surface area contributed by atoms with Crippen LogP contribution in [0.5, 0.6) is 0 Å². The van der Waals surface area contributed by atoms with E-state index in [1.807, 2.05) is 49.4 Å². The van der Waals surface area contributed by atoms with Gasteiger partial charge in [-0.1, -0.05) is 123 Å². The van der Waals surface area contributed by atoms with E-state index < -0.39 is 5.97 Å². The van der Waals surface area contributed by atoms with Crippen molar-refractivity contribution in [3.63, 3.8) is 0 Å². The molecule has 1 saturated carbocycles. The molecule has 0 bridgehead atoms. The van der Waals surface area contributed by atoms with Crippen molar-refractivity contribution in [3.8, 4) is 0 Å². The Morgan fingerprint density at radius 3 is 0.746 bits per heavy atom. The van der Waals surface area contributed by atoms with Gasteiger partial charge < -0.3 is 50.0 Å². The highest BCUT2D eigenvalue weighted by Crippen LogP contribution is 2.22. The van der Waals surface area contributed by atoms with Crippen LogP contribution in [0, 0.1) is 0 Å². The zero-order chi connectivity index (χ0) is 94.8. The van der Waals surface area contributed by atoms with Crippen LogP contribution in [0.3, 0.4) is 0 Å². The van der Waals surface area contributed by atoms with E-state index in [4.69, 9.17) is 50.0 Å². The van der Waals surface area contributed by atoms with Crippen LogP contribution in [0.15, 0.2) is 55.8 Å². The lowest BCUT2D eigenvalue weighted by Gasteiger charge is -2.14. The number of carboxylic acid groups (broad SMARTS) is 1. The van der Waals surface area contributed by atoms with Crippen LogP contribution in [-0.2, 0) is 19.0 Å². The fourth-order valence-corrected chi connectivity index (χ4v) is 10.1. The largest absolute Gasteiger partial charge is 0.481 e. The number of carbonyl (C=O) groups is 1. The lowest BCUT2D eigenvalue weighted by Crippen LogP contribution is -2.07. The van der Waals surface area contributed by atoms with Gasteiger partial charge in [0.1, 0.15) is 0 Å². The molecule has 1 aliphatic rings. The summed E-state index contributed by atoms with van der Waals surface area (Å²) in [4.78, 5) is 10.3. The Kier molecular flexibility index (Phi) is 304. The summed E-state index contributed by atoms with van der Waals surface area (Å²) in [7, 11) is 0. The first-order chi connectivity index (χ1) is 56.9. The van der Waals surface area contributed by atoms with Crippen molar-refractivity contribution in [3.05, 3.63) is 42.5 Å². The summed E-state index contributed by atoms with van der Waals surface area (Å²) in [5.74, 6) is 17.3. The molecule has 0 amide bonds. The Bertz CT molecular complexity index is 1440. The molecule has 0 aliphatic heterocycles. The van der Waals surface area contributed by atoms with E-state index in [0.29, 0.717) is 63.7 Å². The van der Waals surface area contributed by atoms with Crippen LogP contribution in [-0.4, -0.2) is 251 Å². The maximum Gasteiger partial charge on any atom is 0.313 e. The number of unbranched alkanes of at least 4 members (excludes halogenated alkanes) is 12. The van der Waals surface area contributed by atoms with E-state index in [1.165, 1.54) is 128 Å². The predicted octanol–water partition coefficient (Wildman–Crippen LogP) is 24.3. The number of ether oxygens (including phenoxy) is 3. The number of rotatable bonds is 42. The molecule has 7 N–H and O–H groups in total. The maximum atomic E-state index is 9.29. The molecule has 0 saturated heterocycles. The van der Waals surface area contributed by atoms with Crippen LogP contribution in [0.1, 0.15) is 208 Å².